The smallest absolute Gasteiger partial charge is 0.267 e. The number of benzene rings is 2. The van der Waals surface area contributed by atoms with Crippen molar-refractivity contribution in [2.24, 2.45) is 4.99 Å². The van der Waals surface area contributed by atoms with Crippen molar-refractivity contribution in [2.75, 3.05) is 25.1 Å². The molecule has 170 valence electrons. The third-order valence-corrected chi connectivity index (χ3v) is 6.40. The Hall–Kier alpha value is -3.45. The summed E-state index contributed by atoms with van der Waals surface area (Å²) in [5.41, 5.74) is 2.73. The van der Waals surface area contributed by atoms with E-state index in [4.69, 9.17) is 14.1 Å². The quantitative estimate of drug-likeness (QED) is 0.389. The number of ether oxygens (including phenoxy) is 1. The van der Waals surface area contributed by atoms with Gasteiger partial charge in [0, 0.05) is 30.4 Å². The molecule has 3 aromatic rings. The van der Waals surface area contributed by atoms with Crippen LogP contribution in [-0.4, -0.2) is 36.2 Å². The van der Waals surface area contributed by atoms with Crippen molar-refractivity contribution < 1.29 is 13.9 Å². The maximum Gasteiger partial charge on any atom is 0.267 e. The number of hydrogen-bond acceptors (Lipinski definition) is 6. The number of aliphatic imine (C=N–C) groups is 1. The predicted octanol–water partition coefficient (Wildman–Crippen LogP) is 5.94. The van der Waals surface area contributed by atoms with Gasteiger partial charge in [-0.15, -0.1) is 0 Å². The number of carbonyl (C=O) groups excluding carboxylic acids is 1. The molecule has 7 heteroatoms. The fourth-order valence-electron chi connectivity index (χ4n) is 3.65. The van der Waals surface area contributed by atoms with E-state index < -0.39 is 0 Å². The van der Waals surface area contributed by atoms with Crippen molar-refractivity contribution in [2.45, 2.75) is 20.4 Å². The molecule has 2 aromatic carbocycles. The Balaban J connectivity index is 1.69. The minimum absolute atomic E-state index is 0.110. The van der Waals surface area contributed by atoms with Gasteiger partial charge in [-0.2, -0.15) is 0 Å². The first-order valence-corrected chi connectivity index (χ1v) is 11.7. The van der Waals surface area contributed by atoms with E-state index in [0.29, 0.717) is 22.4 Å². The topological polar surface area (TPSA) is 58.3 Å². The van der Waals surface area contributed by atoms with Crippen LogP contribution in [0, 0.1) is 0 Å². The van der Waals surface area contributed by atoms with Gasteiger partial charge in [0.2, 0.25) is 0 Å². The second-order valence-corrected chi connectivity index (χ2v) is 8.42. The van der Waals surface area contributed by atoms with Gasteiger partial charge in [-0.1, -0.05) is 18.2 Å². The highest BCUT2D eigenvalue weighted by Gasteiger charge is 2.34. The van der Waals surface area contributed by atoms with E-state index in [1.165, 1.54) is 11.8 Å². The van der Waals surface area contributed by atoms with Crippen LogP contribution in [0.3, 0.4) is 0 Å². The zero-order valence-electron chi connectivity index (χ0n) is 19.0. The van der Waals surface area contributed by atoms with Crippen LogP contribution in [0.2, 0.25) is 0 Å². The number of carbonyl (C=O) groups is 1. The van der Waals surface area contributed by atoms with Gasteiger partial charge in [0.15, 0.2) is 5.17 Å². The largest absolute Gasteiger partial charge is 0.496 e. The van der Waals surface area contributed by atoms with E-state index in [2.05, 4.69) is 24.8 Å². The molecule has 0 saturated carbocycles. The Kier molecular flexibility index (Phi) is 7.19. The van der Waals surface area contributed by atoms with Crippen molar-refractivity contribution in [1.29, 1.82) is 0 Å². The molecule has 1 fully saturated rings. The van der Waals surface area contributed by atoms with Crippen LogP contribution in [0.1, 0.15) is 25.2 Å². The minimum Gasteiger partial charge on any atom is -0.496 e. The van der Waals surface area contributed by atoms with Gasteiger partial charge in [0.1, 0.15) is 11.5 Å². The van der Waals surface area contributed by atoms with Gasteiger partial charge in [0.25, 0.3) is 5.91 Å². The zero-order valence-corrected chi connectivity index (χ0v) is 19.8. The Morgan fingerprint density at radius 2 is 1.88 bits per heavy atom. The van der Waals surface area contributed by atoms with Crippen LogP contribution in [0.5, 0.6) is 5.75 Å². The van der Waals surface area contributed by atoms with Crippen LogP contribution in [-0.2, 0) is 11.3 Å². The van der Waals surface area contributed by atoms with Crippen molar-refractivity contribution in [1.82, 2.24) is 4.90 Å². The average Bonchev–Trinajstić information content (AvgIpc) is 3.45. The number of amides is 1. The maximum atomic E-state index is 13.4. The molecule has 0 atom stereocenters. The summed E-state index contributed by atoms with van der Waals surface area (Å²) in [7, 11) is 1.65. The highest BCUT2D eigenvalue weighted by molar-refractivity contribution is 8.18. The number of nitrogens with zero attached hydrogens (tertiary/aromatic N) is 3. The number of anilines is 1. The average molecular weight is 462 g/mol. The van der Waals surface area contributed by atoms with Crippen LogP contribution in [0.4, 0.5) is 11.4 Å². The zero-order chi connectivity index (χ0) is 23.2. The number of thioether (sulfide) groups is 1. The first-order valence-electron chi connectivity index (χ1n) is 10.9. The molecule has 1 aliphatic heterocycles. The minimum atomic E-state index is -0.110. The molecule has 0 aliphatic carbocycles. The highest BCUT2D eigenvalue weighted by atomic mass is 32.2. The highest BCUT2D eigenvalue weighted by Crippen LogP contribution is 2.37. The van der Waals surface area contributed by atoms with Gasteiger partial charge in [-0.3, -0.25) is 9.69 Å². The second kappa shape index (κ2) is 10.4. The number of rotatable bonds is 8. The molecule has 1 amide bonds. The summed E-state index contributed by atoms with van der Waals surface area (Å²) in [4.78, 5) is 22.6. The third kappa shape index (κ3) is 5.14. The van der Waals surface area contributed by atoms with Crippen LogP contribution in [0.25, 0.3) is 6.08 Å². The SMILES string of the molecule is CCN(CC)c1ccc(C=C2SC(=Nc3ccccc3)N(Cc3ccco3)C2=O)c(OC)c1. The van der Waals surface area contributed by atoms with E-state index in [0.717, 1.165) is 35.8 Å². The summed E-state index contributed by atoms with van der Waals surface area (Å²) in [5.74, 6) is 1.32. The third-order valence-electron chi connectivity index (χ3n) is 5.40. The number of methoxy groups -OCH3 is 1. The molecule has 0 radical (unpaired) electrons. The van der Waals surface area contributed by atoms with Crippen LogP contribution < -0.4 is 9.64 Å². The van der Waals surface area contributed by atoms with Crippen LogP contribution >= 0.6 is 11.8 Å². The molecule has 0 spiro atoms. The standard InChI is InChI=1S/C26H27N3O3S/c1-4-28(5-2)21-14-13-19(23(17-21)31-3)16-24-25(30)29(18-22-12-9-15-32-22)26(33-24)27-20-10-7-6-8-11-20/h6-17H,4-5,18H2,1-3H3. The normalized spacial score (nSPS) is 16.1. The van der Waals surface area contributed by atoms with Crippen molar-refractivity contribution >= 4 is 40.3 Å². The fraction of sp³-hybridized carbons (Fsp3) is 0.231. The van der Waals surface area contributed by atoms with Crippen molar-refractivity contribution in [3.63, 3.8) is 0 Å². The van der Waals surface area contributed by atoms with E-state index in [1.54, 1.807) is 18.3 Å². The molecule has 1 aromatic heterocycles. The number of hydrogen-bond donors (Lipinski definition) is 0. The molecule has 1 aliphatic rings. The lowest BCUT2D eigenvalue weighted by atomic mass is 10.1. The number of para-hydroxylation sites is 1. The molecule has 33 heavy (non-hydrogen) atoms. The Bertz CT molecular complexity index is 1150. The number of amidine groups is 1. The fourth-order valence-corrected chi connectivity index (χ4v) is 4.64. The van der Waals surface area contributed by atoms with Gasteiger partial charge >= 0.3 is 0 Å². The molecule has 2 heterocycles. The van der Waals surface area contributed by atoms with E-state index >= 15 is 0 Å². The summed E-state index contributed by atoms with van der Waals surface area (Å²) in [6.07, 6.45) is 3.48. The van der Waals surface area contributed by atoms with Gasteiger partial charge in [-0.05, 0) is 68.1 Å². The molecule has 0 N–H and O–H groups in total. The van der Waals surface area contributed by atoms with Crippen molar-refractivity contribution in [3.05, 3.63) is 83.2 Å². The number of furan rings is 1. The molecule has 0 bridgehead atoms. The first kappa shape index (κ1) is 22.7. The van der Waals surface area contributed by atoms with Gasteiger partial charge < -0.3 is 14.1 Å². The van der Waals surface area contributed by atoms with Crippen molar-refractivity contribution in [3.8, 4) is 5.75 Å². The molecule has 4 rings (SSSR count). The van der Waals surface area contributed by atoms with Gasteiger partial charge in [-0.25, -0.2) is 4.99 Å². The van der Waals surface area contributed by atoms with E-state index in [1.807, 2.05) is 60.7 Å². The molecule has 1 saturated heterocycles. The summed E-state index contributed by atoms with van der Waals surface area (Å²) < 4.78 is 11.1. The van der Waals surface area contributed by atoms with Crippen LogP contribution in [0.15, 0.2) is 81.2 Å². The summed E-state index contributed by atoms with van der Waals surface area (Å²) in [6, 6.07) is 19.4. The molecular formula is C26H27N3O3S. The molecular weight excluding hydrogens is 434 g/mol. The first-order chi connectivity index (χ1) is 16.1. The Morgan fingerprint density at radius 1 is 1.09 bits per heavy atom. The Labute approximate surface area is 198 Å². The van der Waals surface area contributed by atoms with Gasteiger partial charge in [0.05, 0.1) is 30.5 Å². The molecule has 0 unspecified atom stereocenters. The van der Waals surface area contributed by atoms with E-state index in [9.17, 15) is 4.79 Å². The second-order valence-electron chi connectivity index (χ2n) is 7.41. The maximum absolute atomic E-state index is 13.4. The monoisotopic (exact) mass is 461 g/mol. The summed E-state index contributed by atoms with van der Waals surface area (Å²) >= 11 is 1.36. The predicted molar refractivity (Wildman–Crippen MR) is 135 cm³/mol. The lowest BCUT2D eigenvalue weighted by Gasteiger charge is -2.22. The molecule has 6 nitrogen and oxygen atoms in total. The van der Waals surface area contributed by atoms with E-state index in [-0.39, 0.29) is 5.91 Å². The summed E-state index contributed by atoms with van der Waals surface area (Å²) in [5, 5.41) is 0.618. The lowest BCUT2D eigenvalue weighted by molar-refractivity contribution is -0.122. The Morgan fingerprint density at radius 3 is 2.55 bits per heavy atom. The summed E-state index contributed by atoms with van der Waals surface area (Å²) in [6.45, 7) is 6.40. The lowest BCUT2D eigenvalue weighted by Crippen LogP contribution is -2.28.